The topological polar surface area (TPSA) is 84.2 Å². The minimum absolute atomic E-state index is 0.119. The molecule has 36 heavy (non-hydrogen) atoms. The maximum Gasteiger partial charge on any atom is 0.335 e. The number of aromatic nitrogens is 2. The van der Waals surface area contributed by atoms with Gasteiger partial charge in [-0.2, -0.15) is 5.10 Å². The van der Waals surface area contributed by atoms with Gasteiger partial charge < -0.3 is 10.4 Å². The second-order valence-corrected chi connectivity index (χ2v) is 10.3. The van der Waals surface area contributed by atoms with Crippen molar-refractivity contribution in [2.24, 2.45) is 0 Å². The molecule has 1 heterocycles. The highest BCUT2D eigenvalue weighted by molar-refractivity contribution is 6.30. The molecule has 6 rings (SSSR count). The van der Waals surface area contributed by atoms with Crippen molar-refractivity contribution in [3.8, 4) is 0 Å². The van der Waals surface area contributed by atoms with E-state index in [1.54, 1.807) is 12.1 Å². The summed E-state index contributed by atoms with van der Waals surface area (Å²) in [5.74, 6) is -1.08. The Morgan fingerprint density at radius 3 is 2.44 bits per heavy atom. The summed E-state index contributed by atoms with van der Waals surface area (Å²) in [5, 5.41) is 19.0. The average molecular weight is 500 g/mol. The maximum atomic E-state index is 13.8. The molecule has 6 nitrogen and oxygen atoms in total. The number of aryl methyl sites for hydroxylation is 2. The number of amides is 1. The van der Waals surface area contributed by atoms with Crippen LogP contribution in [-0.4, -0.2) is 26.8 Å². The second kappa shape index (κ2) is 8.79. The van der Waals surface area contributed by atoms with Crippen molar-refractivity contribution in [3.63, 3.8) is 0 Å². The molecule has 0 aliphatic heterocycles. The van der Waals surface area contributed by atoms with Crippen LogP contribution in [0, 0.1) is 0 Å². The predicted octanol–water partition coefficient (Wildman–Crippen LogP) is 5.73. The van der Waals surface area contributed by atoms with Gasteiger partial charge in [0.1, 0.15) is 0 Å². The number of fused-ring (bicyclic) bond motifs is 3. The maximum absolute atomic E-state index is 13.8. The van der Waals surface area contributed by atoms with Gasteiger partial charge in [0.05, 0.1) is 34.9 Å². The van der Waals surface area contributed by atoms with Crippen molar-refractivity contribution in [2.75, 3.05) is 0 Å². The summed E-state index contributed by atoms with van der Waals surface area (Å²) >= 11 is 6.07. The molecular weight excluding hydrogens is 474 g/mol. The number of benzene rings is 3. The van der Waals surface area contributed by atoms with E-state index in [4.69, 9.17) is 16.7 Å². The number of rotatable bonds is 6. The van der Waals surface area contributed by atoms with Crippen LogP contribution < -0.4 is 5.32 Å². The van der Waals surface area contributed by atoms with Crippen molar-refractivity contribution in [1.29, 1.82) is 0 Å². The van der Waals surface area contributed by atoms with Gasteiger partial charge in [-0.3, -0.25) is 9.48 Å². The average Bonchev–Trinajstić information content (AvgIpc) is 3.55. The van der Waals surface area contributed by atoms with Crippen LogP contribution in [0.25, 0.3) is 10.9 Å². The first-order valence-electron chi connectivity index (χ1n) is 12.3. The molecular formula is C29H26ClN3O3. The van der Waals surface area contributed by atoms with E-state index < -0.39 is 11.5 Å². The summed E-state index contributed by atoms with van der Waals surface area (Å²) in [6.45, 7) is 0.543. The summed E-state index contributed by atoms with van der Waals surface area (Å²) in [6.07, 6.45) is 7.79. The van der Waals surface area contributed by atoms with E-state index in [0.29, 0.717) is 17.1 Å². The van der Waals surface area contributed by atoms with Gasteiger partial charge in [-0.15, -0.1) is 0 Å². The molecule has 1 fully saturated rings. The molecule has 1 amide bonds. The van der Waals surface area contributed by atoms with Gasteiger partial charge in [-0.1, -0.05) is 35.9 Å². The summed E-state index contributed by atoms with van der Waals surface area (Å²) in [6, 6.07) is 16.6. The molecule has 1 saturated carbocycles. The fourth-order valence-corrected chi connectivity index (χ4v) is 5.54. The molecule has 3 aromatic carbocycles. The standard InChI is InChI=1S/C29H26ClN3O3/c30-22-11-5-18(6-12-22)17-33-26-24(15-20-3-1-2-4-23(20)25(26)16-31-33)27(34)32-29(13-14-29)21-9-7-19(8-10-21)28(35)36/h5-12,15-16H,1-4,13-14,17H2,(H,32,34)(H,35,36). The Labute approximate surface area is 213 Å². The van der Waals surface area contributed by atoms with Gasteiger partial charge in [0.2, 0.25) is 0 Å². The normalized spacial score (nSPS) is 15.9. The molecule has 0 spiro atoms. The first-order chi connectivity index (χ1) is 17.4. The van der Waals surface area contributed by atoms with E-state index in [-0.39, 0.29) is 11.5 Å². The summed E-state index contributed by atoms with van der Waals surface area (Å²) in [5.41, 5.74) is 5.82. The molecule has 2 aliphatic rings. The SMILES string of the molecule is O=C(O)c1ccc(C2(NC(=O)c3cc4c(c5cnn(Cc6ccc(Cl)cc6)c35)CCCC4)CC2)cc1. The molecule has 2 N–H and O–H groups in total. The fraction of sp³-hybridized carbons (Fsp3) is 0.276. The van der Waals surface area contributed by atoms with Crippen LogP contribution >= 0.6 is 11.6 Å². The van der Waals surface area contributed by atoms with Crippen LogP contribution in [0.15, 0.2) is 60.8 Å². The first-order valence-corrected chi connectivity index (χ1v) is 12.7. The van der Waals surface area contributed by atoms with E-state index in [1.807, 2.05) is 47.3 Å². The Kier molecular flexibility index (Phi) is 5.56. The van der Waals surface area contributed by atoms with Gasteiger partial charge in [-0.05, 0) is 91.1 Å². The molecule has 0 atom stereocenters. The van der Waals surface area contributed by atoms with Crippen LogP contribution in [0.4, 0.5) is 0 Å². The van der Waals surface area contributed by atoms with Gasteiger partial charge in [0.15, 0.2) is 0 Å². The zero-order valence-corrected chi connectivity index (χ0v) is 20.5. The molecule has 1 aromatic heterocycles. The quantitative estimate of drug-likeness (QED) is 0.354. The number of nitrogens with zero attached hydrogens (tertiary/aromatic N) is 2. The minimum atomic E-state index is -0.958. The lowest BCUT2D eigenvalue weighted by Gasteiger charge is -2.22. The number of carboxylic acid groups (broad SMARTS) is 1. The van der Waals surface area contributed by atoms with Crippen LogP contribution in [0.5, 0.6) is 0 Å². The summed E-state index contributed by atoms with van der Waals surface area (Å²) < 4.78 is 1.92. The van der Waals surface area contributed by atoms with Gasteiger partial charge in [0.25, 0.3) is 5.91 Å². The number of carbonyl (C=O) groups is 2. The van der Waals surface area contributed by atoms with E-state index in [0.717, 1.165) is 60.6 Å². The van der Waals surface area contributed by atoms with Crippen molar-refractivity contribution in [2.45, 2.75) is 50.6 Å². The fourth-order valence-electron chi connectivity index (χ4n) is 5.41. The van der Waals surface area contributed by atoms with Crippen LogP contribution in [-0.2, 0) is 24.9 Å². The number of hydrogen-bond donors (Lipinski definition) is 2. The largest absolute Gasteiger partial charge is 0.478 e. The molecule has 0 unspecified atom stereocenters. The monoisotopic (exact) mass is 499 g/mol. The molecule has 0 radical (unpaired) electrons. The summed E-state index contributed by atoms with van der Waals surface area (Å²) in [7, 11) is 0. The molecule has 0 saturated heterocycles. The van der Waals surface area contributed by atoms with E-state index in [9.17, 15) is 14.7 Å². The highest BCUT2D eigenvalue weighted by Gasteiger charge is 2.46. The Balaban J connectivity index is 1.38. The van der Waals surface area contributed by atoms with E-state index in [2.05, 4.69) is 11.4 Å². The minimum Gasteiger partial charge on any atom is -0.478 e. The molecule has 7 heteroatoms. The third-order valence-electron chi connectivity index (χ3n) is 7.53. The lowest BCUT2D eigenvalue weighted by molar-refractivity contribution is 0.0696. The lowest BCUT2D eigenvalue weighted by Crippen LogP contribution is -2.35. The van der Waals surface area contributed by atoms with Gasteiger partial charge in [0, 0.05) is 10.4 Å². The van der Waals surface area contributed by atoms with Crippen LogP contribution in [0.3, 0.4) is 0 Å². The highest BCUT2D eigenvalue weighted by atomic mass is 35.5. The number of carboxylic acids is 1. The Bertz CT molecular complexity index is 1490. The summed E-state index contributed by atoms with van der Waals surface area (Å²) in [4.78, 5) is 25.1. The zero-order valence-electron chi connectivity index (χ0n) is 19.8. The van der Waals surface area contributed by atoms with Crippen LogP contribution in [0.1, 0.15) is 68.7 Å². The Morgan fingerprint density at radius 1 is 1.03 bits per heavy atom. The Morgan fingerprint density at radius 2 is 1.75 bits per heavy atom. The number of hydrogen-bond acceptors (Lipinski definition) is 3. The lowest BCUT2D eigenvalue weighted by atomic mass is 9.87. The highest BCUT2D eigenvalue weighted by Crippen LogP contribution is 2.46. The number of nitrogens with one attached hydrogen (secondary N) is 1. The zero-order chi connectivity index (χ0) is 24.9. The third kappa shape index (κ3) is 4.05. The van der Waals surface area contributed by atoms with Crippen molar-refractivity contribution in [1.82, 2.24) is 15.1 Å². The number of carbonyl (C=O) groups excluding carboxylic acids is 1. The van der Waals surface area contributed by atoms with Crippen molar-refractivity contribution < 1.29 is 14.7 Å². The Hall–Kier alpha value is -3.64. The van der Waals surface area contributed by atoms with Gasteiger partial charge >= 0.3 is 5.97 Å². The second-order valence-electron chi connectivity index (χ2n) is 9.88. The molecule has 4 aromatic rings. The number of aromatic carboxylic acids is 1. The van der Waals surface area contributed by atoms with Crippen molar-refractivity contribution in [3.05, 3.63) is 99.2 Å². The van der Waals surface area contributed by atoms with E-state index >= 15 is 0 Å². The van der Waals surface area contributed by atoms with Gasteiger partial charge in [-0.25, -0.2) is 4.79 Å². The molecule has 0 bridgehead atoms. The molecule has 2 aliphatic carbocycles. The predicted molar refractivity (Wildman–Crippen MR) is 139 cm³/mol. The number of halogens is 1. The smallest absolute Gasteiger partial charge is 0.335 e. The van der Waals surface area contributed by atoms with Crippen LogP contribution in [0.2, 0.25) is 5.02 Å². The van der Waals surface area contributed by atoms with E-state index in [1.165, 1.54) is 11.1 Å². The third-order valence-corrected chi connectivity index (χ3v) is 7.78. The molecule has 182 valence electrons. The first kappa shape index (κ1) is 22.8. The van der Waals surface area contributed by atoms with Crippen molar-refractivity contribution >= 4 is 34.4 Å².